The summed E-state index contributed by atoms with van der Waals surface area (Å²) < 4.78 is 15.0. The molecule has 0 aliphatic heterocycles. The van der Waals surface area contributed by atoms with E-state index in [4.69, 9.17) is 0 Å². The molecule has 0 radical (unpaired) electrons. The first kappa shape index (κ1) is 18.6. The summed E-state index contributed by atoms with van der Waals surface area (Å²) in [5.74, 6) is -2.04. The highest BCUT2D eigenvalue weighted by Gasteiger charge is 2.39. The van der Waals surface area contributed by atoms with Crippen molar-refractivity contribution in [3.63, 3.8) is 0 Å². The highest BCUT2D eigenvalue weighted by molar-refractivity contribution is 6.05. The Morgan fingerprint density at radius 2 is 1.89 bits per heavy atom. The van der Waals surface area contributed by atoms with Crippen LogP contribution in [0.2, 0.25) is 0 Å². The van der Waals surface area contributed by atoms with Crippen molar-refractivity contribution < 1.29 is 24.2 Å². The number of aromatic nitrogens is 1. The average molecular weight is 369 g/mol. The largest absolute Gasteiger partial charge is 0.508 e. The second-order valence-electron chi connectivity index (χ2n) is 6.80. The third-order valence-corrected chi connectivity index (χ3v) is 5.19. The van der Waals surface area contributed by atoms with Gasteiger partial charge in [0.1, 0.15) is 11.6 Å². The van der Waals surface area contributed by atoms with Crippen molar-refractivity contribution in [2.24, 2.45) is 0 Å². The number of rotatable bonds is 4. The predicted molar refractivity (Wildman–Crippen MR) is 99.7 cm³/mol. The summed E-state index contributed by atoms with van der Waals surface area (Å²) in [6.07, 6.45) is 0.298. The van der Waals surface area contributed by atoms with Gasteiger partial charge in [0.2, 0.25) is 0 Å². The number of nitrogens with zero attached hydrogens (tertiary/aromatic N) is 1. The summed E-state index contributed by atoms with van der Waals surface area (Å²) in [6, 6.07) is 9.81. The molecule has 0 unspecified atom stereocenters. The van der Waals surface area contributed by atoms with Gasteiger partial charge in [0.05, 0.1) is 10.9 Å². The monoisotopic (exact) mass is 369 g/mol. The molecule has 27 heavy (non-hydrogen) atoms. The van der Waals surface area contributed by atoms with E-state index in [1.54, 1.807) is 26.8 Å². The van der Waals surface area contributed by atoms with Gasteiger partial charge in [-0.2, -0.15) is 0 Å². The van der Waals surface area contributed by atoms with Crippen LogP contribution < -0.4 is 0 Å². The van der Waals surface area contributed by atoms with E-state index in [-0.39, 0.29) is 11.3 Å². The summed E-state index contributed by atoms with van der Waals surface area (Å²) in [6.45, 7) is 5.02. The zero-order valence-electron chi connectivity index (χ0n) is 15.3. The maximum atomic E-state index is 13.6. The molecule has 0 saturated heterocycles. The van der Waals surface area contributed by atoms with E-state index >= 15 is 0 Å². The molecule has 0 bridgehead atoms. The summed E-state index contributed by atoms with van der Waals surface area (Å²) in [5, 5.41) is 20.3. The van der Waals surface area contributed by atoms with Crippen LogP contribution in [0.1, 0.15) is 41.9 Å². The lowest BCUT2D eigenvalue weighted by molar-refractivity contribution is -0.143. The first-order valence-electron chi connectivity index (χ1n) is 8.59. The highest BCUT2D eigenvalue weighted by atomic mass is 19.1. The Bertz CT molecular complexity index is 1070. The fraction of sp³-hybridized carbons (Fsp3) is 0.238. The molecule has 0 aliphatic carbocycles. The van der Waals surface area contributed by atoms with E-state index in [0.29, 0.717) is 28.6 Å². The van der Waals surface area contributed by atoms with Crippen LogP contribution in [0.15, 0.2) is 42.5 Å². The molecule has 3 rings (SSSR count). The minimum Gasteiger partial charge on any atom is -0.508 e. The minimum atomic E-state index is -1.25. The smallest absolute Gasteiger partial charge is 0.313 e. The van der Waals surface area contributed by atoms with E-state index in [1.165, 1.54) is 34.9 Å². The van der Waals surface area contributed by atoms with Crippen LogP contribution in [0, 0.1) is 12.7 Å². The third-order valence-electron chi connectivity index (χ3n) is 5.19. The molecule has 0 saturated carbocycles. The summed E-state index contributed by atoms with van der Waals surface area (Å²) in [7, 11) is 0. The van der Waals surface area contributed by atoms with Crippen LogP contribution in [-0.2, 0) is 10.2 Å². The van der Waals surface area contributed by atoms with Gasteiger partial charge < -0.3 is 10.2 Å². The van der Waals surface area contributed by atoms with E-state index in [0.717, 1.165) is 6.07 Å². The normalized spacial score (nSPS) is 13.5. The van der Waals surface area contributed by atoms with Crippen LogP contribution in [0.4, 0.5) is 4.39 Å². The number of phenolic OH excluding ortho intramolecular Hbond substituents is 1. The van der Waals surface area contributed by atoms with Crippen molar-refractivity contribution in [2.45, 2.75) is 32.6 Å². The number of carboxylic acid groups (broad SMARTS) is 1. The Balaban J connectivity index is 2.37. The van der Waals surface area contributed by atoms with Crippen LogP contribution in [-0.4, -0.2) is 26.7 Å². The first-order valence-corrected chi connectivity index (χ1v) is 8.59. The van der Waals surface area contributed by atoms with Crippen LogP contribution in [0.5, 0.6) is 5.75 Å². The van der Waals surface area contributed by atoms with Crippen LogP contribution in [0.25, 0.3) is 10.9 Å². The van der Waals surface area contributed by atoms with Crippen molar-refractivity contribution in [3.8, 4) is 5.75 Å². The molecule has 0 aliphatic rings. The molecule has 1 aromatic heterocycles. The van der Waals surface area contributed by atoms with Gasteiger partial charge in [-0.25, -0.2) is 4.39 Å². The minimum absolute atomic E-state index is 0.0250. The third kappa shape index (κ3) is 2.87. The molecule has 2 N–H and O–H groups in total. The van der Waals surface area contributed by atoms with Crippen molar-refractivity contribution in [2.75, 3.05) is 0 Å². The van der Waals surface area contributed by atoms with Crippen molar-refractivity contribution in [1.29, 1.82) is 0 Å². The molecule has 1 heterocycles. The Kier molecular flexibility index (Phi) is 4.51. The molecule has 5 nitrogen and oxygen atoms in total. The summed E-state index contributed by atoms with van der Waals surface area (Å²) >= 11 is 0. The molecule has 140 valence electrons. The topological polar surface area (TPSA) is 79.5 Å². The van der Waals surface area contributed by atoms with Gasteiger partial charge in [-0.1, -0.05) is 13.0 Å². The second kappa shape index (κ2) is 6.54. The molecule has 1 atom stereocenters. The standard InChI is InChI=1S/C21H20FNO4/c1-4-21(3,20(26)27)18-12(2)23(17-9-8-15(24)11-16(17)18)19(25)13-6-5-7-14(22)10-13/h5-11,24H,4H2,1-3H3,(H,26,27)/t21-/m1/s1. The fourth-order valence-corrected chi connectivity index (χ4v) is 3.55. The molecule has 0 amide bonds. The van der Waals surface area contributed by atoms with Gasteiger partial charge >= 0.3 is 5.97 Å². The number of fused-ring (bicyclic) bond motifs is 1. The van der Waals surface area contributed by atoms with Gasteiger partial charge in [-0.15, -0.1) is 0 Å². The molecular weight excluding hydrogens is 349 g/mol. The second-order valence-corrected chi connectivity index (χ2v) is 6.80. The Morgan fingerprint density at radius 1 is 1.19 bits per heavy atom. The Hall–Kier alpha value is -3.15. The quantitative estimate of drug-likeness (QED) is 0.721. The number of benzene rings is 2. The van der Waals surface area contributed by atoms with Crippen molar-refractivity contribution in [3.05, 3.63) is 65.1 Å². The van der Waals surface area contributed by atoms with Gasteiger partial charge in [0, 0.05) is 16.6 Å². The average Bonchev–Trinajstić information content (AvgIpc) is 2.91. The molecule has 0 fully saturated rings. The highest BCUT2D eigenvalue weighted by Crippen LogP contribution is 2.39. The Morgan fingerprint density at radius 3 is 2.48 bits per heavy atom. The lowest BCUT2D eigenvalue weighted by Gasteiger charge is -2.24. The Labute approximate surface area is 155 Å². The molecule has 3 aromatic rings. The fourth-order valence-electron chi connectivity index (χ4n) is 3.55. The zero-order chi connectivity index (χ0) is 19.9. The predicted octanol–water partition coefficient (Wildman–Crippen LogP) is 4.24. The first-order chi connectivity index (χ1) is 12.7. The van der Waals surface area contributed by atoms with E-state index in [2.05, 4.69) is 0 Å². The summed E-state index contributed by atoms with van der Waals surface area (Å²) in [5.41, 5.74) is 0.298. The van der Waals surface area contributed by atoms with Crippen molar-refractivity contribution in [1.82, 2.24) is 4.57 Å². The number of hydrogen-bond acceptors (Lipinski definition) is 3. The SMILES string of the molecule is CC[C@@](C)(C(=O)O)c1c(C)n(C(=O)c2cccc(F)c2)c2ccc(O)cc12. The number of hydrogen-bond donors (Lipinski definition) is 2. The lowest BCUT2D eigenvalue weighted by Crippen LogP contribution is -2.32. The number of phenols is 1. The van der Waals surface area contributed by atoms with Gasteiger partial charge in [0.25, 0.3) is 5.91 Å². The van der Waals surface area contributed by atoms with Gasteiger partial charge in [-0.05, 0) is 62.2 Å². The van der Waals surface area contributed by atoms with Crippen LogP contribution in [0.3, 0.4) is 0 Å². The molecule has 0 spiro atoms. The van der Waals surface area contributed by atoms with E-state index in [1.807, 2.05) is 0 Å². The maximum Gasteiger partial charge on any atom is 0.313 e. The van der Waals surface area contributed by atoms with Crippen LogP contribution >= 0.6 is 0 Å². The number of aliphatic carboxylic acids is 1. The zero-order valence-corrected chi connectivity index (χ0v) is 15.3. The summed E-state index contributed by atoms with van der Waals surface area (Å²) in [4.78, 5) is 25.1. The molecule has 2 aromatic carbocycles. The van der Waals surface area contributed by atoms with E-state index in [9.17, 15) is 24.2 Å². The van der Waals surface area contributed by atoms with Crippen molar-refractivity contribution >= 4 is 22.8 Å². The van der Waals surface area contributed by atoms with Gasteiger partial charge in [-0.3, -0.25) is 14.2 Å². The van der Waals surface area contributed by atoms with E-state index < -0.39 is 23.1 Å². The number of halogens is 1. The number of carbonyl (C=O) groups is 2. The number of carboxylic acids is 1. The molecular formula is C21H20FNO4. The number of carbonyl (C=O) groups excluding carboxylic acids is 1. The van der Waals surface area contributed by atoms with Gasteiger partial charge in [0.15, 0.2) is 0 Å². The lowest BCUT2D eigenvalue weighted by atomic mass is 9.78. The maximum absolute atomic E-state index is 13.6. The molecule has 6 heteroatoms. The number of aromatic hydroxyl groups is 1.